The largest absolute Gasteiger partial charge is 0.464 e. The van der Waals surface area contributed by atoms with Gasteiger partial charge >= 0.3 is 16.2 Å². The minimum atomic E-state index is -3.95. The molecule has 2 rings (SSSR count). The number of carbonyl (C=O) groups excluding carboxylic acids is 1. The minimum Gasteiger partial charge on any atom is -0.464 e. The first kappa shape index (κ1) is 11.4. The Hall–Kier alpha value is -2.09. The second-order valence-corrected chi connectivity index (χ2v) is 4.42. The third kappa shape index (κ3) is 2.36. The van der Waals surface area contributed by atoms with Crippen LogP contribution >= 0.6 is 0 Å². The van der Waals surface area contributed by atoms with Gasteiger partial charge in [0, 0.05) is 6.08 Å². The number of rotatable bonds is 2. The molecule has 17 heavy (non-hydrogen) atoms. The van der Waals surface area contributed by atoms with E-state index in [1.54, 1.807) is 6.07 Å². The molecule has 0 aromatic carbocycles. The van der Waals surface area contributed by atoms with Crippen LogP contribution in [0.4, 0.5) is 0 Å². The lowest BCUT2D eigenvalue weighted by Gasteiger charge is -2.12. The van der Waals surface area contributed by atoms with E-state index >= 15 is 0 Å². The lowest BCUT2D eigenvalue weighted by atomic mass is 10.2. The van der Waals surface area contributed by atoms with E-state index in [-0.39, 0.29) is 17.2 Å². The second-order valence-electron chi connectivity index (χ2n) is 3.08. The summed E-state index contributed by atoms with van der Waals surface area (Å²) in [6.45, 7) is 0. The van der Waals surface area contributed by atoms with E-state index in [1.807, 2.05) is 4.72 Å². The quantitative estimate of drug-likeness (QED) is 0.749. The first-order valence-corrected chi connectivity index (χ1v) is 5.92. The molecule has 0 saturated heterocycles. The van der Waals surface area contributed by atoms with Crippen molar-refractivity contribution in [3.8, 4) is 0 Å². The highest BCUT2D eigenvalue weighted by Crippen LogP contribution is 2.12. The molecule has 0 spiro atoms. The normalized spacial score (nSPS) is 17.7. The highest BCUT2D eigenvalue weighted by atomic mass is 32.2. The summed E-state index contributed by atoms with van der Waals surface area (Å²) in [5, 5.41) is 0. The summed E-state index contributed by atoms with van der Waals surface area (Å²) in [6.07, 6.45) is 2.61. The summed E-state index contributed by atoms with van der Waals surface area (Å²) in [6, 6.07) is 3.11. The molecule has 1 aliphatic rings. The minimum absolute atomic E-state index is 0.0363. The fourth-order valence-corrected chi connectivity index (χ4v) is 2.10. The van der Waals surface area contributed by atoms with Gasteiger partial charge in [-0.15, -0.1) is 4.40 Å². The van der Waals surface area contributed by atoms with Crippen molar-refractivity contribution in [2.24, 2.45) is 4.40 Å². The van der Waals surface area contributed by atoms with Crippen molar-refractivity contribution >= 4 is 21.9 Å². The zero-order valence-corrected chi connectivity index (χ0v) is 9.52. The summed E-state index contributed by atoms with van der Waals surface area (Å²) in [5.74, 6) is -0.552. The van der Waals surface area contributed by atoms with Crippen molar-refractivity contribution in [1.82, 2.24) is 4.72 Å². The van der Waals surface area contributed by atoms with Crippen LogP contribution in [0.1, 0.15) is 5.76 Å². The molecule has 1 aliphatic heterocycles. The van der Waals surface area contributed by atoms with Crippen LogP contribution in [-0.4, -0.2) is 27.2 Å². The predicted molar refractivity (Wildman–Crippen MR) is 57.4 cm³/mol. The van der Waals surface area contributed by atoms with Gasteiger partial charge < -0.3 is 9.15 Å². The number of nitrogens with zero attached hydrogens (tertiary/aromatic N) is 1. The van der Waals surface area contributed by atoms with Crippen molar-refractivity contribution in [1.29, 1.82) is 0 Å². The van der Waals surface area contributed by atoms with Crippen LogP contribution in [0.5, 0.6) is 0 Å². The molecule has 90 valence electrons. The summed E-state index contributed by atoms with van der Waals surface area (Å²) in [7, 11) is -2.80. The molecular weight excluding hydrogens is 248 g/mol. The van der Waals surface area contributed by atoms with Gasteiger partial charge in [-0.25, -0.2) is 4.79 Å². The number of allylic oxidation sites excluding steroid dienone is 1. The number of esters is 1. The van der Waals surface area contributed by atoms with Gasteiger partial charge in [-0.1, -0.05) is 0 Å². The van der Waals surface area contributed by atoms with E-state index in [0.29, 0.717) is 0 Å². The summed E-state index contributed by atoms with van der Waals surface area (Å²) in [5.41, 5.74) is -0.178. The Labute approximate surface area is 97.0 Å². The van der Waals surface area contributed by atoms with Gasteiger partial charge in [0.25, 0.3) is 0 Å². The number of hydrogen-bond donors (Lipinski definition) is 1. The van der Waals surface area contributed by atoms with E-state index in [2.05, 4.69) is 9.13 Å². The van der Waals surface area contributed by atoms with Crippen LogP contribution < -0.4 is 4.72 Å². The van der Waals surface area contributed by atoms with Crippen LogP contribution in [0, 0.1) is 0 Å². The summed E-state index contributed by atoms with van der Waals surface area (Å²) < 4.78 is 37.6. The zero-order chi connectivity index (χ0) is 12.5. The molecule has 0 fully saturated rings. The molecule has 2 heterocycles. The van der Waals surface area contributed by atoms with Gasteiger partial charge in [0.1, 0.15) is 11.4 Å². The fourth-order valence-electron chi connectivity index (χ4n) is 1.23. The van der Waals surface area contributed by atoms with Crippen molar-refractivity contribution < 1.29 is 22.4 Å². The van der Waals surface area contributed by atoms with Gasteiger partial charge in [0.2, 0.25) is 0 Å². The third-order valence-electron chi connectivity index (χ3n) is 1.92. The van der Waals surface area contributed by atoms with Crippen LogP contribution in [-0.2, 0) is 19.7 Å². The number of ether oxygens (including phenoxy) is 1. The Bertz CT molecular complexity index is 597. The molecule has 0 saturated carbocycles. The van der Waals surface area contributed by atoms with Gasteiger partial charge in [-0.2, -0.15) is 8.42 Å². The number of nitrogens with one attached hydrogen (secondary N) is 1. The fraction of sp³-hybridized carbons (Fsp3) is 0.111. The van der Waals surface area contributed by atoms with Gasteiger partial charge in [-0.3, -0.25) is 4.72 Å². The number of methoxy groups -OCH3 is 1. The van der Waals surface area contributed by atoms with Crippen molar-refractivity contribution in [3.63, 3.8) is 0 Å². The Morgan fingerprint density at radius 2 is 2.29 bits per heavy atom. The Morgan fingerprint density at radius 1 is 1.53 bits per heavy atom. The molecule has 7 nitrogen and oxygen atoms in total. The van der Waals surface area contributed by atoms with E-state index < -0.39 is 16.2 Å². The maximum Gasteiger partial charge on any atom is 0.355 e. The molecule has 1 N–H and O–H groups in total. The Kier molecular flexibility index (Phi) is 2.72. The second kappa shape index (κ2) is 4.06. The SMILES string of the molecule is COC(=O)C1=CC(c2ccco2)=NS(=O)(=O)N1. The van der Waals surface area contributed by atoms with E-state index in [9.17, 15) is 13.2 Å². The van der Waals surface area contributed by atoms with E-state index in [1.165, 1.54) is 18.4 Å². The highest BCUT2D eigenvalue weighted by Gasteiger charge is 2.24. The van der Waals surface area contributed by atoms with Crippen molar-refractivity contribution in [2.45, 2.75) is 0 Å². The van der Waals surface area contributed by atoms with Crippen LogP contribution in [0.2, 0.25) is 0 Å². The topological polar surface area (TPSA) is 98.0 Å². The molecule has 1 aromatic rings. The first-order valence-electron chi connectivity index (χ1n) is 4.48. The monoisotopic (exact) mass is 256 g/mol. The molecule has 0 atom stereocenters. The Balaban J connectivity index is 2.47. The zero-order valence-electron chi connectivity index (χ0n) is 8.71. The third-order valence-corrected chi connectivity index (χ3v) is 2.83. The van der Waals surface area contributed by atoms with Crippen LogP contribution in [0.25, 0.3) is 0 Å². The smallest absolute Gasteiger partial charge is 0.355 e. The van der Waals surface area contributed by atoms with Gasteiger partial charge in [0.05, 0.1) is 13.4 Å². The summed E-state index contributed by atoms with van der Waals surface area (Å²) in [4.78, 5) is 11.3. The number of furan rings is 1. The van der Waals surface area contributed by atoms with Crippen LogP contribution in [0.3, 0.4) is 0 Å². The van der Waals surface area contributed by atoms with Crippen molar-refractivity contribution in [3.05, 3.63) is 35.9 Å². The highest BCUT2D eigenvalue weighted by molar-refractivity contribution is 7.88. The van der Waals surface area contributed by atoms with Gasteiger partial charge in [0.15, 0.2) is 5.76 Å². The molecule has 0 aliphatic carbocycles. The molecule has 8 heteroatoms. The standard InChI is InChI=1S/C9H8N2O5S/c1-15-9(12)7-5-6(8-3-2-4-16-8)10-17(13,14)11-7/h2-5,11H,1H3. The average Bonchev–Trinajstić information content (AvgIpc) is 2.79. The first-order chi connectivity index (χ1) is 8.02. The maximum absolute atomic E-state index is 11.4. The average molecular weight is 256 g/mol. The van der Waals surface area contributed by atoms with Gasteiger partial charge in [-0.05, 0) is 12.1 Å². The number of carbonyl (C=O) groups is 1. The predicted octanol–water partition coefficient (Wildman–Crippen LogP) is -0.0264. The van der Waals surface area contributed by atoms with E-state index in [0.717, 1.165) is 7.11 Å². The molecule has 1 aromatic heterocycles. The van der Waals surface area contributed by atoms with Crippen molar-refractivity contribution in [2.75, 3.05) is 7.11 Å². The van der Waals surface area contributed by atoms with E-state index in [4.69, 9.17) is 4.42 Å². The molecule has 0 radical (unpaired) electrons. The molecular formula is C9H8N2O5S. The Morgan fingerprint density at radius 3 is 2.88 bits per heavy atom. The molecule has 0 bridgehead atoms. The molecule has 0 amide bonds. The lowest BCUT2D eigenvalue weighted by molar-refractivity contribution is -0.136. The van der Waals surface area contributed by atoms with Crippen LogP contribution in [0.15, 0.2) is 39.0 Å². The summed E-state index contributed by atoms with van der Waals surface area (Å²) >= 11 is 0. The number of hydrogen-bond acceptors (Lipinski definition) is 5. The maximum atomic E-state index is 11.4. The molecule has 0 unspecified atom stereocenters. The lowest BCUT2D eigenvalue weighted by Crippen LogP contribution is -2.31.